The molecule has 21 heavy (non-hydrogen) atoms. The van der Waals surface area contributed by atoms with Crippen LogP contribution in [0.1, 0.15) is 55.4 Å². The van der Waals surface area contributed by atoms with Gasteiger partial charge in [-0.2, -0.15) is 0 Å². The first-order valence-electron chi connectivity index (χ1n) is 6.10. The first-order chi connectivity index (χ1) is 9.41. The van der Waals surface area contributed by atoms with Crippen LogP contribution in [0.5, 0.6) is 0 Å². The van der Waals surface area contributed by atoms with Gasteiger partial charge in [-0.05, 0) is 0 Å². The van der Waals surface area contributed by atoms with E-state index in [2.05, 4.69) is 0 Å². The Morgan fingerprint density at radius 2 is 0.571 bits per heavy atom. The normalized spacial score (nSPS) is 7.62. The number of rotatable bonds is 0. The van der Waals surface area contributed by atoms with E-state index < -0.39 is 22.6 Å². The fourth-order valence-electron chi connectivity index (χ4n) is 0. The van der Waals surface area contributed by atoms with Crippen LogP contribution in [0.4, 0.5) is 8.78 Å². The molecule has 0 aromatic rings. The van der Waals surface area contributed by atoms with E-state index in [9.17, 15) is 8.78 Å². The lowest BCUT2D eigenvalue weighted by Gasteiger charge is -1.82. The largest absolute Gasteiger partial charge is 0.466 e. The summed E-state index contributed by atoms with van der Waals surface area (Å²) < 4.78 is 37.0. The van der Waals surface area contributed by atoms with Gasteiger partial charge in [-0.25, -0.2) is 17.9 Å². The highest BCUT2D eigenvalue weighted by atomic mass is 31.2. The number of halogens is 2. The number of hydrogen-bond donors (Lipinski definition) is 6. The quantitative estimate of drug-likeness (QED) is 0.356. The molecule has 0 aliphatic carbocycles. The van der Waals surface area contributed by atoms with Crippen molar-refractivity contribution < 1.29 is 47.3 Å². The lowest BCUT2D eigenvalue weighted by Crippen LogP contribution is -1.66. The van der Waals surface area contributed by atoms with Gasteiger partial charge in [-0.3, -0.25) is 0 Å². The molecule has 0 saturated heterocycles. The zero-order valence-electron chi connectivity index (χ0n) is 13.9. The SMILES string of the molecule is CC.CC.CC.CC.FCF.O=P(O)(O)O.O=P(O)(O)O. The van der Waals surface area contributed by atoms with Gasteiger partial charge in [0.1, 0.15) is 0 Å². The van der Waals surface area contributed by atoms with Gasteiger partial charge in [-0.1, -0.05) is 55.4 Å². The second-order valence-electron chi connectivity index (χ2n) is 1.13. The van der Waals surface area contributed by atoms with E-state index >= 15 is 0 Å². The topological polar surface area (TPSA) is 156 Å². The third-order valence-electron chi connectivity index (χ3n) is 0. The maximum absolute atomic E-state index is 9.62. The highest BCUT2D eigenvalue weighted by Gasteiger charge is 2.00. The van der Waals surface area contributed by atoms with Crippen molar-refractivity contribution in [2.24, 2.45) is 0 Å². The predicted octanol–water partition coefficient (Wildman–Crippen LogP) is 3.13. The molecular weight excluding hydrogens is 336 g/mol. The summed E-state index contributed by atoms with van der Waals surface area (Å²) in [5.41, 5.74) is 0. The lowest BCUT2D eigenvalue weighted by atomic mass is 11.0. The van der Waals surface area contributed by atoms with Gasteiger partial charge in [0.05, 0.1) is 0 Å². The minimum absolute atomic E-state index is 1.75. The first kappa shape index (κ1) is 42.9. The molecule has 0 bridgehead atoms. The zero-order valence-corrected chi connectivity index (χ0v) is 15.6. The standard InChI is InChI=1S/4C2H6.CH2F2.2H3O4P/c4*1-2;2-1-3;2*1-5(2,3)4/h4*1-2H3;1H2;2*(H3,1,2,3,4). The Labute approximate surface area is 126 Å². The van der Waals surface area contributed by atoms with Crippen LogP contribution in [-0.4, -0.2) is 36.3 Å². The third kappa shape index (κ3) is 1030000. The van der Waals surface area contributed by atoms with Gasteiger partial charge < -0.3 is 29.4 Å². The highest BCUT2D eigenvalue weighted by molar-refractivity contribution is 7.45. The molecule has 12 heteroatoms. The molecule has 0 fully saturated rings. The Balaban J connectivity index is -0.0000000230. The molecule has 0 aliphatic heterocycles. The smallest absolute Gasteiger partial charge is 0.303 e. The maximum Gasteiger partial charge on any atom is 0.466 e. The van der Waals surface area contributed by atoms with Gasteiger partial charge in [0.2, 0.25) is 6.93 Å². The van der Waals surface area contributed by atoms with E-state index in [-0.39, 0.29) is 0 Å². The van der Waals surface area contributed by atoms with E-state index in [1.54, 1.807) is 0 Å². The van der Waals surface area contributed by atoms with Crippen molar-refractivity contribution in [2.75, 3.05) is 6.93 Å². The number of alkyl halides is 2. The van der Waals surface area contributed by atoms with E-state index in [0.29, 0.717) is 0 Å². The second-order valence-corrected chi connectivity index (χ2v) is 3.18. The van der Waals surface area contributed by atoms with Crippen LogP contribution < -0.4 is 0 Å². The Morgan fingerprint density at radius 1 is 0.571 bits per heavy atom. The molecule has 0 saturated carbocycles. The van der Waals surface area contributed by atoms with Crippen LogP contribution in [0, 0.1) is 0 Å². The summed E-state index contributed by atoms with van der Waals surface area (Å²) in [4.78, 5) is 43.1. The van der Waals surface area contributed by atoms with Crippen molar-refractivity contribution in [1.29, 1.82) is 0 Å². The molecule has 0 aromatic heterocycles. The maximum atomic E-state index is 9.62. The second kappa shape index (κ2) is 42.7. The van der Waals surface area contributed by atoms with Crippen LogP contribution in [-0.2, 0) is 9.13 Å². The predicted molar refractivity (Wildman–Crippen MR) is 81.0 cm³/mol. The Hall–Kier alpha value is 0.0800. The van der Waals surface area contributed by atoms with Gasteiger partial charge in [-0.15, -0.1) is 0 Å². The summed E-state index contributed by atoms with van der Waals surface area (Å²) in [6.07, 6.45) is 0. The molecule has 0 heterocycles. The van der Waals surface area contributed by atoms with Gasteiger partial charge in [0, 0.05) is 0 Å². The van der Waals surface area contributed by atoms with Crippen molar-refractivity contribution >= 4 is 15.6 Å². The van der Waals surface area contributed by atoms with Crippen LogP contribution in [0.25, 0.3) is 0 Å². The summed E-state index contributed by atoms with van der Waals surface area (Å²) in [5, 5.41) is 0. The summed E-state index contributed by atoms with van der Waals surface area (Å²) in [6.45, 7) is 14.2. The summed E-state index contributed by atoms with van der Waals surface area (Å²) >= 11 is 0. The molecule has 140 valence electrons. The molecule has 0 rings (SSSR count). The van der Waals surface area contributed by atoms with E-state index in [1.807, 2.05) is 55.4 Å². The zero-order chi connectivity index (χ0) is 19.7. The Morgan fingerprint density at radius 3 is 0.571 bits per heavy atom. The Kier molecular flexibility index (Phi) is 87.2. The molecular formula is C9H32F2O8P2. The molecule has 0 aliphatic rings. The van der Waals surface area contributed by atoms with Crippen molar-refractivity contribution in [3.63, 3.8) is 0 Å². The minimum Gasteiger partial charge on any atom is -0.303 e. The van der Waals surface area contributed by atoms with E-state index in [1.165, 1.54) is 0 Å². The fraction of sp³-hybridized carbons (Fsp3) is 1.00. The van der Waals surface area contributed by atoms with Crippen LogP contribution in [0.2, 0.25) is 0 Å². The molecule has 0 unspecified atom stereocenters. The molecule has 8 nitrogen and oxygen atoms in total. The van der Waals surface area contributed by atoms with E-state index in [0.717, 1.165) is 0 Å². The third-order valence-corrected chi connectivity index (χ3v) is 0. The highest BCUT2D eigenvalue weighted by Crippen LogP contribution is 2.26. The Bertz CT molecular complexity index is 160. The average Bonchev–Trinajstić information content (AvgIpc) is 2.35. The van der Waals surface area contributed by atoms with E-state index in [4.69, 9.17) is 38.5 Å². The molecule has 0 radical (unpaired) electrons. The minimum atomic E-state index is -4.64. The molecule has 0 aromatic carbocycles. The van der Waals surface area contributed by atoms with Crippen LogP contribution in [0.15, 0.2) is 0 Å². The number of phosphoric acid groups is 2. The monoisotopic (exact) mass is 368 g/mol. The average molecular weight is 368 g/mol. The summed E-state index contributed by atoms with van der Waals surface area (Å²) in [5.74, 6) is 0. The van der Waals surface area contributed by atoms with Crippen molar-refractivity contribution in [3.05, 3.63) is 0 Å². The fourth-order valence-corrected chi connectivity index (χ4v) is 0. The summed E-state index contributed by atoms with van der Waals surface area (Å²) in [6, 6.07) is 0. The van der Waals surface area contributed by atoms with Crippen molar-refractivity contribution in [1.82, 2.24) is 0 Å². The van der Waals surface area contributed by atoms with Crippen molar-refractivity contribution in [2.45, 2.75) is 55.4 Å². The van der Waals surface area contributed by atoms with Crippen LogP contribution >= 0.6 is 15.6 Å². The first-order valence-corrected chi connectivity index (χ1v) is 9.23. The molecule has 0 amide bonds. The summed E-state index contributed by atoms with van der Waals surface area (Å²) in [7, 11) is -9.28. The van der Waals surface area contributed by atoms with Crippen LogP contribution in [0.3, 0.4) is 0 Å². The number of hydrogen-bond acceptors (Lipinski definition) is 2. The van der Waals surface area contributed by atoms with Gasteiger partial charge in [0.25, 0.3) is 0 Å². The van der Waals surface area contributed by atoms with Gasteiger partial charge >= 0.3 is 15.6 Å². The molecule has 0 spiro atoms. The van der Waals surface area contributed by atoms with Gasteiger partial charge in [0.15, 0.2) is 0 Å². The molecule has 0 atom stereocenters. The lowest BCUT2D eigenvalue weighted by molar-refractivity contribution is 0.272. The van der Waals surface area contributed by atoms with Crippen molar-refractivity contribution in [3.8, 4) is 0 Å². The molecule has 6 N–H and O–H groups in total.